The number of H-pyrrole nitrogens is 1. The summed E-state index contributed by atoms with van der Waals surface area (Å²) in [6.45, 7) is 2.68. The molecule has 1 aromatic rings. The van der Waals surface area contributed by atoms with Gasteiger partial charge in [0.1, 0.15) is 11.8 Å². The molecule has 0 saturated carbocycles. The van der Waals surface area contributed by atoms with Crippen LogP contribution in [0, 0.1) is 12.7 Å². The fourth-order valence-electron chi connectivity index (χ4n) is 1.12. The monoisotopic (exact) mass is 232 g/mol. The van der Waals surface area contributed by atoms with E-state index in [9.17, 15) is 14.0 Å². The number of hydrogen-bond acceptors (Lipinski definition) is 4. The van der Waals surface area contributed by atoms with E-state index < -0.39 is 23.2 Å². The van der Waals surface area contributed by atoms with Crippen molar-refractivity contribution in [3.05, 3.63) is 32.3 Å². The summed E-state index contributed by atoms with van der Waals surface area (Å²) in [5, 5.41) is 8.89. The first-order chi connectivity index (χ1) is 7.51. The summed E-state index contributed by atoms with van der Waals surface area (Å²) >= 11 is 0. The minimum absolute atomic E-state index is 0.222. The maximum atomic E-state index is 13.2. The zero-order valence-electron chi connectivity index (χ0n) is 8.99. The molecule has 7 heteroatoms. The van der Waals surface area contributed by atoms with E-state index in [-0.39, 0.29) is 12.3 Å². The zero-order chi connectivity index (χ0) is 12.3. The number of rotatable bonds is 4. The number of nitrogens with one attached hydrogen (secondary N) is 1. The third-order valence-electron chi connectivity index (χ3n) is 2.14. The average Bonchev–Trinajstić information content (AvgIpc) is 2.27. The van der Waals surface area contributed by atoms with Crippen LogP contribution in [-0.2, 0) is 0 Å². The highest BCUT2D eigenvalue weighted by atomic mass is 19.1. The van der Waals surface area contributed by atoms with E-state index in [0.717, 1.165) is 0 Å². The van der Waals surface area contributed by atoms with Gasteiger partial charge in [0.2, 0.25) is 5.82 Å². The molecule has 1 rings (SSSR count). The Labute approximate surface area is 90.3 Å². The molecule has 0 aliphatic heterocycles. The number of halogens is 1. The SMILES string of the molecule is CCC(CO)On1c(C)c(F)c(=O)[nH]c1=O. The van der Waals surface area contributed by atoms with Crippen LogP contribution in [0.25, 0.3) is 0 Å². The highest BCUT2D eigenvalue weighted by Gasteiger charge is 2.14. The molecule has 0 spiro atoms. The van der Waals surface area contributed by atoms with Gasteiger partial charge in [0.05, 0.1) is 6.61 Å². The Bertz CT molecular complexity index is 475. The summed E-state index contributed by atoms with van der Waals surface area (Å²) in [5.74, 6) is -1.08. The van der Waals surface area contributed by atoms with Crippen LogP contribution in [0.4, 0.5) is 4.39 Å². The summed E-state index contributed by atoms with van der Waals surface area (Å²) in [5.41, 5.74) is -2.17. The Morgan fingerprint density at radius 1 is 1.56 bits per heavy atom. The first-order valence-corrected chi connectivity index (χ1v) is 4.80. The third kappa shape index (κ3) is 2.30. The lowest BCUT2D eigenvalue weighted by molar-refractivity contribution is -0.0113. The van der Waals surface area contributed by atoms with Crippen LogP contribution in [0.2, 0.25) is 0 Å². The summed E-state index contributed by atoms with van der Waals surface area (Å²) in [7, 11) is 0. The van der Waals surface area contributed by atoms with Crippen molar-refractivity contribution in [2.24, 2.45) is 0 Å². The maximum absolute atomic E-state index is 13.2. The van der Waals surface area contributed by atoms with Crippen LogP contribution in [0.1, 0.15) is 19.0 Å². The molecule has 0 bridgehead atoms. The van der Waals surface area contributed by atoms with Gasteiger partial charge in [0, 0.05) is 0 Å². The number of aliphatic hydroxyl groups is 1. The van der Waals surface area contributed by atoms with Crippen LogP contribution in [0.5, 0.6) is 0 Å². The fraction of sp³-hybridized carbons (Fsp3) is 0.556. The molecular formula is C9H13FN2O4. The van der Waals surface area contributed by atoms with Crippen LogP contribution in [-0.4, -0.2) is 27.5 Å². The van der Waals surface area contributed by atoms with Crippen molar-refractivity contribution in [2.75, 3.05) is 6.61 Å². The van der Waals surface area contributed by atoms with E-state index in [4.69, 9.17) is 9.94 Å². The van der Waals surface area contributed by atoms with E-state index in [2.05, 4.69) is 0 Å². The van der Waals surface area contributed by atoms with Crippen molar-refractivity contribution < 1.29 is 14.3 Å². The predicted molar refractivity (Wildman–Crippen MR) is 53.8 cm³/mol. The molecule has 2 N–H and O–H groups in total. The summed E-state index contributed by atoms with van der Waals surface area (Å²) in [6, 6.07) is 0. The molecule has 0 aromatic carbocycles. The lowest BCUT2D eigenvalue weighted by Crippen LogP contribution is -2.41. The summed E-state index contributed by atoms with van der Waals surface area (Å²) in [6.07, 6.45) is -0.176. The van der Waals surface area contributed by atoms with Crippen molar-refractivity contribution in [3.63, 3.8) is 0 Å². The molecule has 6 nitrogen and oxygen atoms in total. The Balaban J connectivity index is 3.19. The molecule has 0 saturated heterocycles. The maximum Gasteiger partial charge on any atom is 0.361 e. The van der Waals surface area contributed by atoms with Gasteiger partial charge in [-0.3, -0.25) is 9.78 Å². The molecule has 1 atom stereocenters. The first-order valence-electron chi connectivity index (χ1n) is 4.80. The predicted octanol–water partition coefficient (Wildman–Crippen LogP) is -0.816. The molecular weight excluding hydrogens is 219 g/mol. The van der Waals surface area contributed by atoms with E-state index in [1.165, 1.54) is 6.92 Å². The normalized spacial score (nSPS) is 12.5. The van der Waals surface area contributed by atoms with Crippen LogP contribution in [0.3, 0.4) is 0 Å². The standard InChI is InChI=1S/C9H13FN2O4/c1-3-6(4-13)16-12-5(2)7(10)8(14)11-9(12)15/h6,13H,3-4H2,1-2H3,(H,11,14,15). The minimum atomic E-state index is -1.08. The van der Waals surface area contributed by atoms with Gasteiger partial charge >= 0.3 is 5.69 Å². The molecule has 0 amide bonds. The van der Waals surface area contributed by atoms with E-state index in [1.807, 2.05) is 0 Å². The lowest BCUT2D eigenvalue weighted by Gasteiger charge is -2.17. The van der Waals surface area contributed by atoms with Gasteiger partial charge in [-0.25, -0.2) is 4.79 Å². The largest absolute Gasteiger partial charge is 0.404 e. The first kappa shape index (κ1) is 12.4. The Morgan fingerprint density at radius 2 is 2.19 bits per heavy atom. The van der Waals surface area contributed by atoms with Crippen molar-refractivity contribution in [3.8, 4) is 0 Å². The molecule has 0 aliphatic carbocycles. The number of aromatic nitrogens is 2. The van der Waals surface area contributed by atoms with Crippen molar-refractivity contribution in [2.45, 2.75) is 26.4 Å². The molecule has 0 fully saturated rings. The molecule has 0 radical (unpaired) electrons. The van der Waals surface area contributed by atoms with Gasteiger partial charge < -0.3 is 9.94 Å². The topological polar surface area (TPSA) is 84.3 Å². The summed E-state index contributed by atoms with van der Waals surface area (Å²) in [4.78, 5) is 29.0. The van der Waals surface area contributed by atoms with Crippen LogP contribution in [0.15, 0.2) is 9.59 Å². The van der Waals surface area contributed by atoms with E-state index in [1.54, 1.807) is 11.9 Å². The Hall–Kier alpha value is -1.63. The second-order valence-corrected chi connectivity index (χ2v) is 3.27. The Morgan fingerprint density at radius 3 is 2.69 bits per heavy atom. The molecule has 1 aromatic heterocycles. The van der Waals surface area contributed by atoms with Crippen molar-refractivity contribution in [1.29, 1.82) is 0 Å². The highest BCUT2D eigenvalue weighted by Crippen LogP contribution is 1.98. The highest BCUT2D eigenvalue weighted by molar-refractivity contribution is 5.00. The van der Waals surface area contributed by atoms with Gasteiger partial charge in [-0.1, -0.05) is 6.92 Å². The number of aliphatic hydroxyl groups excluding tert-OH is 1. The van der Waals surface area contributed by atoms with Crippen molar-refractivity contribution >= 4 is 0 Å². The van der Waals surface area contributed by atoms with Crippen LogP contribution < -0.4 is 16.1 Å². The second kappa shape index (κ2) is 4.93. The smallest absolute Gasteiger partial charge is 0.361 e. The zero-order valence-corrected chi connectivity index (χ0v) is 8.99. The summed E-state index contributed by atoms with van der Waals surface area (Å²) < 4.78 is 13.8. The van der Waals surface area contributed by atoms with Gasteiger partial charge in [0.25, 0.3) is 5.56 Å². The number of nitrogens with zero attached hydrogens (tertiary/aromatic N) is 1. The fourth-order valence-corrected chi connectivity index (χ4v) is 1.12. The molecule has 90 valence electrons. The third-order valence-corrected chi connectivity index (χ3v) is 2.14. The van der Waals surface area contributed by atoms with E-state index in [0.29, 0.717) is 11.2 Å². The average molecular weight is 232 g/mol. The van der Waals surface area contributed by atoms with Gasteiger partial charge in [-0.05, 0) is 13.3 Å². The molecule has 16 heavy (non-hydrogen) atoms. The number of aromatic amines is 1. The van der Waals surface area contributed by atoms with Gasteiger partial charge in [-0.15, -0.1) is 4.73 Å². The Kier molecular flexibility index (Phi) is 3.83. The lowest BCUT2D eigenvalue weighted by atomic mass is 10.3. The van der Waals surface area contributed by atoms with Crippen LogP contribution >= 0.6 is 0 Å². The van der Waals surface area contributed by atoms with E-state index >= 15 is 0 Å². The molecule has 1 unspecified atom stereocenters. The van der Waals surface area contributed by atoms with Gasteiger partial charge in [0.15, 0.2) is 0 Å². The number of hydrogen-bond donors (Lipinski definition) is 2. The van der Waals surface area contributed by atoms with Crippen molar-refractivity contribution in [1.82, 2.24) is 9.71 Å². The van der Waals surface area contributed by atoms with Gasteiger partial charge in [-0.2, -0.15) is 4.39 Å². The second-order valence-electron chi connectivity index (χ2n) is 3.27. The quantitative estimate of drug-likeness (QED) is 0.710. The molecule has 0 aliphatic rings. The minimum Gasteiger partial charge on any atom is -0.404 e. The molecule has 1 heterocycles.